The van der Waals surface area contributed by atoms with Crippen LogP contribution in [0.4, 0.5) is 9.52 Å². The fraction of sp³-hybridized carbons (Fsp3) is 0.100. The van der Waals surface area contributed by atoms with Crippen LogP contribution in [0.3, 0.4) is 0 Å². The van der Waals surface area contributed by atoms with Crippen molar-refractivity contribution in [3.05, 3.63) is 82.1 Å². The van der Waals surface area contributed by atoms with Gasteiger partial charge in [0, 0.05) is 5.56 Å². The van der Waals surface area contributed by atoms with Crippen LogP contribution in [0, 0.1) is 12.7 Å². The van der Waals surface area contributed by atoms with E-state index in [1.807, 2.05) is 6.07 Å². The number of ketones is 1. The maximum Gasteiger partial charge on any atom is 0.301 e. The number of aromatic nitrogens is 2. The number of hydrogen-bond acceptors (Lipinski definition) is 6. The van der Waals surface area contributed by atoms with Gasteiger partial charge in [0.05, 0.1) is 11.6 Å². The van der Waals surface area contributed by atoms with Gasteiger partial charge in [-0.25, -0.2) is 4.39 Å². The third-order valence-corrected chi connectivity index (χ3v) is 5.24. The monoisotopic (exact) mass is 395 g/mol. The molecule has 1 saturated heterocycles. The molecule has 1 amide bonds. The molecule has 1 aromatic heterocycles. The number of hydrogen-bond donors (Lipinski definition) is 1. The highest BCUT2D eigenvalue weighted by molar-refractivity contribution is 7.15. The normalized spacial score (nSPS) is 18.6. The Morgan fingerprint density at radius 1 is 1.07 bits per heavy atom. The SMILES string of the molecule is Cc1nnc(N2C(=O)C(=O)/C(=C(/O)c3ccc(F)cc3)[C@H]2c2ccccc2)s1. The van der Waals surface area contributed by atoms with E-state index in [9.17, 15) is 19.1 Å². The van der Waals surface area contributed by atoms with E-state index in [-0.39, 0.29) is 22.0 Å². The fourth-order valence-electron chi connectivity index (χ4n) is 3.13. The molecule has 3 aromatic rings. The van der Waals surface area contributed by atoms with E-state index in [0.29, 0.717) is 10.6 Å². The average Bonchev–Trinajstić information content (AvgIpc) is 3.24. The van der Waals surface area contributed by atoms with Gasteiger partial charge in [0.1, 0.15) is 16.6 Å². The molecule has 8 heteroatoms. The van der Waals surface area contributed by atoms with Crippen molar-refractivity contribution in [2.75, 3.05) is 4.90 Å². The number of anilines is 1. The molecule has 1 fully saturated rings. The number of aliphatic hydroxyl groups excluding tert-OH is 1. The number of benzene rings is 2. The third-order valence-electron chi connectivity index (χ3n) is 4.40. The Kier molecular flexibility index (Phi) is 4.48. The largest absolute Gasteiger partial charge is 0.507 e. The molecule has 6 nitrogen and oxygen atoms in total. The lowest BCUT2D eigenvalue weighted by molar-refractivity contribution is -0.132. The summed E-state index contributed by atoms with van der Waals surface area (Å²) < 4.78 is 13.3. The summed E-state index contributed by atoms with van der Waals surface area (Å²) in [5.41, 5.74) is 0.808. The Balaban J connectivity index is 1.93. The predicted molar refractivity (Wildman–Crippen MR) is 102 cm³/mol. The summed E-state index contributed by atoms with van der Waals surface area (Å²) in [6, 6.07) is 13.1. The molecule has 2 heterocycles. The van der Waals surface area contributed by atoms with Crippen molar-refractivity contribution in [2.45, 2.75) is 13.0 Å². The Morgan fingerprint density at radius 3 is 2.36 bits per heavy atom. The fourth-order valence-corrected chi connectivity index (χ4v) is 3.84. The van der Waals surface area contributed by atoms with Crippen molar-refractivity contribution in [2.24, 2.45) is 0 Å². The molecule has 28 heavy (non-hydrogen) atoms. The van der Waals surface area contributed by atoms with Gasteiger partial charge in [0.25, 0.3) is 5.78 Å². The number of aliphatic hydroxyl groups is 1. The zero-order valence-electron chi connectivity index (χ0n) is 14.7. The minimum absolute atomic E-state index is 0.0735. The summed E-state index contributed by atoms with van der Waals surface area (Å²) in [5.74, 6) is -2.46. The minimum Gasteiger partial charge on any atom is -0.507 e. The van der Waals surface area contributed by atoms with Crippen LogP contribution in [0.1, 0.15) is 22.2 Å². The van der Waals surface area contributed by atoms with E-state index in [0.717, 1.165) is 0 Å². The molecule has 0 bridgehead atoms. The van der Waals surface area contributed by atoms with E-state index >= 15 is 0 Å². The number of nitrogens with zero attached hydrogens (tertiary/aromatic N) is 3. The molecule has 0 aliphatic carbocycles. The van der Waals surface area contributed by atoms with Crippen LogP contribution in [0.15, 0.2) is 60.2 Å². The first-order chi connectivity index (χ1) is 13.5. The quantitative estimate of drug-likeness (QED) is 0.416. The third kappa shape index (κ3) is 2.97. The van der Waals surface area contributed by atoms with E-state index in [4.69, 9.17) is 0 Å². The second kappa shape index (κ2) is 6.97. The topological polar surface area (TPSA) is 83.4 Å². The average molecular weight is 395 g/mol. The van der Waals surface area contributed by atoms with E-state index in [2.05, 4.69) is 10.2 Å². The van der Waals surface area contributed by atoms with Crippen molar-refractivity contribution >= 4 is 33.9 Å². The molecular formula is C20H14FN3O3S. The Hall–Kier alpha value is -3.39. The van der Waals surface area contributed by atoms with Gasteiger partial charge in [0.15, 0.2) is 0 Å². The standard InChI is InChI=1S/C20H14FN3O3S/c1-11-22-23-20(28-11)24-16(12-5-3-2-4-6-12)15(18(26)19(24)27)17(25)13-7-9-14(21)10-8-13/h2-10,16,25H,1H3/b17-15+/t16-/m1/s1. The van der Waals surface area contributed by atoms with E-state index < -0.39 is 23.5 Å². The Morgan fingerprint density at radius 2 is 1.75 bits per heavy atom. The summed E-state index contributed by atoms with van der Waals surface area (Å²) in [7, 11) is 0. The van der Waals surface area contributed by atoms with Crippen molar-refractivity contribution in [1.29, 1.82) is 0 Å². The van der Waals surface area contributed by atoms with Crippen LogP contribution in [0.2, 0.25) is 0 Å². The summed E-state index contributed by atoms with van der Waals surface area (Å²) >= 11 is 1.18. The highest BCUT2D eigenvalue weighted by Crippen LogP contribution is 2.42. The number of rotatable bonds is 3. The second-order valence-corrected chi connectivity index (χ2v) is 7.35. The summed E-state index contributed by atoms with van der Waals surface area (Å²) in [4.78, 5) is 26.9. The molecule has 1 N–H and O–H groups in total. The molecule has 140 valence electrons. The van der Waals surface area contributed by atoms with Crippen molar-refractivity contribution in [1.82, 2.24) is 10.2 Å². The zero-order chi connectivity index (χ0) is 19.8. The predicted octanol–water partition coefficient (Wildman–Crippen LogP) is 3.61. The number of Topliss-reactive ketones (excluding diaryl/α,β-unsaturated/α-hetero) is 1. The van der Waals surface area contributed by atoms with E-state index in [1.165, 1.54) is 40.5 Å². The number of amides is 1. The number of halogens is 1. The minimum atomic E-state index is -0.862. The van der Waals surface area contributed by atoms with Gasteiger partial charge >= 0.3 is 5.91 Å². The van der Waals surface area contributed by atoms with Crippen LogP contribution in [0.25, 0.3) is 5.76 Å². The Labute approximate surface area is 163 Å². The van der Waals surface area contributed by atoms with Gasteiger partial charge in [-0.1, -0.05) is 41.7 Å². The van der Waals surface area contributed by atoms with Gasteiger partial charge in [0.2, 0.25) is 5.13 Å². The Bertz CT molecular complexity index is 1090. The second-order valence-electron chi connectivity index (χ2n) is 6.19. The van der Waals surface area contributed by atoms with Crippen LogP contribution >= 0.6 is 11.3 Å². The molecule has 4 rings (SSSR count). The first-order valence-corrected chi connectivity index (χ1v) is 9.21. The van der Waals surface area contributed by atoms with Crippen LogP contribution in [0.5, 0.6) is 0 Å². The van der Waals surface area contributed by atoms with Crippen molar-refractivity contribution in [3.8, 4) is 0 Å². The molecule has 0 spiro atoms. The molecule has 1 aliphatic rings. The highest BCUT2D eigenvalue weighted by atomic mass is 32.1. The van der Waals surface area contributed by atoms with Gasteiger partial charge < -0.3 is 5.11 Å². The summed E-state index contributed by atoms with van der Waals surface area (Å²) in [6.45, 7) is 1.74. The highest BCUT2D eigenvalue weighted by Gasteiger charge is 2.48. The molecule has 1 atom stereocenters. The van der Waals surface area contributed by atoms with Crippen LogP contribution in [-0.4, -0.2) is 27.0 Å². The summed E-state index contributed by atoms with van der Waals surface area (Å²) in [5, 5.41) is 19.7. The van der Waals surface area contributed by atoms with Gasteiger partial charge in [-0.3, -0.25) is 14.5 Å². The first kappa shape index (κ1) is 18.0. The maximum atomic E-state index is 13.3. The van der Waals surface area contributed by atoms with Gasteiger partial charge in [-0.05, 0) is 36.8 Å². The molecule has 0 radical (unpaired) electrons. The molecule has 1 aliphatic heterocycles. The maximum absolute atomic E-state index is 13.3. The molecule has 0 unspecified atom stereocenters. The zero-order valence-corrected chi connectivity index (χ0v) is 15.5. The van der Waals surface area contributed by atoms with E-state index in [1.54, 1.807) is 31.2 Å². The lowest BCUT2D eigenvalue weighted by Crippen LogP contribution is -2.29. The number of aryl methyl sites for hydroxylation is 1. The molecule has 2 aromatic carbocycles. The molecule has 0 saturated carbocycles. The van der Waals surface area contributed by atoms with Crippen LogP contribution < -0.4 is 4.90 Å². The van der Waals surface area contributed by atoms with Crippen LogP contribution in [-0.2, 0) is 9.59 Å². The van der Waals surface area contributed by atoms with Crippen molar-refractivity contribution < 1.29 is 19.1 Å². The lowest BCUT2D eigenvalue weighted by Gasteiger charge is -2.22. The summed E-state index contributed by atoms with van der Waals surface area (Å²) in [6.07, 6.45) is 0. The van der Waals surface area contributed by atoms with Crippen molar-refractivity contribution in [3.63, 3.8) is 0 Å². The van der Waals surface area contributed by atoms with Gasteiger partial charge in [-0.2, -0.15) is 0 Å². The lowest BCUT2D eigenvalue weighted by atomic mass is 9.95. The first-order valence-electron chi connectivity index (χ1n) is 8.39. The van der Waals surface area contributed by atoms with Gasteiger partial charge in [-0.15, -0.1) is 10.2 Å². The molecular weight excluding hydrogens is 381 g/mol. The number of carbonyl (C=O) groups excluding carboxylic acids is 2. The smallest absolute Gasteiger partial charge is 0.301 e. The number of carbonyl (C=O) groups is 2.